The Morgan fingerprint density at radius 1 is 1.23 bits per heavy atom. The van der Waals surface area contributed by atoms with Gasteiger partial charge in [-0.2, -0.15) is 0 Å². The number of ether oxygens (including phenoxy) is 1. The van der Waals surface area contributed by atoms with Gasteiger partial charge in [0.1, 0.15) is 11.9 Å². The highest BCUT2D eigenvalue weighted by Gasteiger charge is 2.28. The van der Waals surface area contributed by atoms with Gasteiger partial charge in [0.05, 0.1) is 17.9 Å². The molecule has 3 rings (SSSR count). The van der Waals surface area contributed by atoms with Crippen LogP contribution >= 0.6 is 0 Å². The van der Waals surface area contributed by atoms with E-state index in [9.17, 15) is 9.59 Å². The third-order valence-corrected chi connectivity index (χ3v) is 3.99. The number of carbonyl (C=O) groups excluding carboxylic acids is 1. The molecule has 2 aromatic carbocycles. The number of benzene rings is 2. The van der Waals surface area contributed by atoms with Crippen LogP contribution in [0.4, 0.5) is 0 Å². The van der Waals surface area contributed by atoms with Gasteiger partial charge in [-0.25, -0.2) is 0 Å². The van der Waals surface area contributed by atoms with Gasteiger partial charge in [0.25, 0.3) is 0 Å². The summed E-state index contributed by atoms with van der Waals surface area (Å²) in [6, 6.07) is 14.6. The number of hydrogen-bond donors (Lipinski definition) is 1. The second-order valence-corrected chi connectivity index (χ2v) is 5.46. The van der Waals surface area contributed by atoms with Crippen LogP contribution in [-0.4, -0.2) is 16.9 Å². The molecule has 2 atom stereocenters. The summed E-state index contributed by atoms with van der Waals surface area (Å²) in [5.74, 6) is -1.06. The lowest BCUT2D eigenvalue weighted by Crippen LogP contribution is -2.21. The maximum atomic E-state index is 12.4. The van der Waals surface area contributed by atoms with Crippen LogP contribution in [0.2, 0.25) is 0 Å². The van der Waals surface area contributed by atoms with E-state index in [4.69, 9.17) is 9.84 Å². The minimum absolute atomic E-state index is 0.0189. The molecule has 1 N–H and O–H groups in total. The van der Waals surface area contributed by atoms with Crippen molar-refractivity contribution in [2.75, 3.05) is 0 Å². The number of Topliss-reactive ketones (excluding diaryl/α,β-unsaturated/α-hetero) is 1. The van der Waals surface area contributed by atoms with Crippen molar-refractivity contribution in [1.29, 1.82) is 0 Å². The van der Waals surface area contributed by atoms with E-state index >= 15 is 0 Å². The molecule has 0 saturated heterocycles. The van der Waals surface area contributed by atoms with Gasteiger partial charge in [-0.1, -0.05) is 36.4 Å². The minimum atomic E-state index is -0.911. The molecule has 1 aliphatic rings. The Morgan fingerprint density at radius 2 is 1.95 bits per heavy atom. The van der Waals surface area contributed by atoms with E-state index in [0.29, 0.717) is 16.9 Å². The molecule has 0 radical (unpaired) electrons. The molecule has 1 heterocycles. The Bertz CT molecular complexity index is 721. The molecule has 0 saturated carbocycles. The number of hydrogen-bond acceptors (Lipinski definition) is 3. The molecule has 0 bridgehead atoms. The van der Waals surface area contributed by atoms with Gasteiger partial charge in [0, 0.05) is 0 Å². The first kappa shape index (κ1) is 14.3. The van der Waals surface area contributed by atoms with E-state index in [1.807, 2.05) is 30.3 Å². The van der Waals surface area contributed by atoms with Crippen LogP contribution in [0, 0.1) is 0 Å². The molecule has 22 heavy (non-hydrogen) atoms. The predicted octanol–water partition coefficient (Wildman–Crippen LogP) is 3.58. The Balaban J connectivity index is 1.92. The van der Waals surface area contributed by atoms with Crippen LogP contribution in [0.5, 0.6) is 5.75 Å². The second-order valence-electron chi connectivity index (χ2n) is 5.46. The van der Waals surface area contributed by atoms with E-state index in [1.54, 1.807) is 25.1 Å². The molecule has 0 aliphatic carbocycles. The van der Waals surface area contributed by atoms with Crippen molar-refractivity contribution in [2.24, 2.45) is 0 Å². The highest BCUT2D eigenvalue weighted by atomic mass is 16.5. The fourth-order valence-corrected chi connectivity index (χ4v) is 2.61. The lowest BCUT2D eigenvalue weighted by Gasteiger charge is -2.26. The van der Waals surface area contributed by atoms with Gasteiger partial charge in [-0.3, -0.25) is 9.59 Å². The van der Waals surface area contributed by atoms with Gasteiger partial charge in [-0.15, -0.1) is 0 Å². The summed E-state index contributed by atoms with van der Waals surface area (Å²) in [5.41, 5.74) is 2.05. The van der Waals surface area contributed by atoms with Crippen LogP contribution < -0.4 is 4.74 Å². The first-order chi connectivity index (χ1) is 10.6. The summed E-state index contributed by atoms with van der Waals surface area (Å²) in [4.78, 5) is 23.5. The second kappa shape index (κ2) is 5.64. The number of carbonyl (C=O) groups is 2. The molecule has 1 aliphatic heterocycles. The van der Waals surface area contributed by atoms with Crippen LogP contribution in [0.1, 0.15) is 46.9 Å². The number of carboxylic acids is 1. The van der Waals surface area contributed by atoms with E-state index in [0.717, 1.165) is 5.56 Å². The summed E-state index contributed by atoms with van der Waals surface area (Å²) in [6.45, 7) is 1.60. The molecule has 0 aromatic heterocycles. The number of ketones is 1. The highest BCUT2D eigenvalue weighted by Crippen LogP contribution is 2.36. The van der Waals surface area contributed by atoms with Gasteiger partial charge >= 0.3 is 5.97 Å². The SMILES string of the molecule is CC(C(=O)O)c1ccc2c(c1)C(=O)CC(c1ccccc1)O2. The summed E-state index contributed by atoms with van der Waals surface area (Å²) < 4.78 is 5.92. The van der Waals surface area contributed by atoms with Gasteiger partial charge in [0.15, 0.2) is 5.78 Å². The van der Waals surface area contributed by atoms with Crippen molar-refractivity contribution in [1.82, 2.24) is 0 Å². The van der Waals surface area contributed by atoms with E-state index in [-0.39, 0.29) is 18.3 Å². The zero-order valence-electron chi connectivity index (χ0n) is 12.2. The zero-order valence-corrected chi connectivity index (χ0v) is 12.2. The molecule has 4 nitrogen and oxygen atoms in total. The molecule has 0 amide bonds. The van der Waals surface area contributed by atoms with E-state index < -0.39 is 11.9 Å². The number of rotatable bonds is 3. The van der Waals surface area contributed by atoms with Crippen LogP contribution in [0.3, 0.4) is 0 Å². The average molecular weight is 296 g/mol. The molecule has 4 heteroatoms. The predicted molar refractivity (Wildman–Crippen MR) is 81.3 cm³/mol. The van der Waals surface area contributed by atoms with Crippen molar-refractivity contribution in [2.45, 2.75) is 25.4 Å². The van der Waals surface area contributed by atoms with E-state index in [2.05, 4.69) is 0 Å². The topological polar surface area (TPSA) is 63.6 Å². The lowest BCUT2D eigenvalue weighted by atomic mass is 9.92. The van der Waals surface area contributed by atoms with E-state index in [1.165, 1.54) is 0 Å². The maximum Gasteiger partial charge on any atom is 0.310 e. The quantitative estimate of drug-likeness (QED) is 0.940. The third kappa shape index (κ3) is 2.60. The molecule has 2 aromatic rings. The first-order valence-corrected chi connectivity index (χ1v) is 7.18. The summed E-state index contributed by atoms with van der Waals surface area (Å²) >= 11 is 0. The Kier molecular flexibility index (Phi) is 3.67. The van der Waals surface area contributed by atoms with Gasteiger partial charge < -0.3 is 9.84 Å². The highest BCUT2D eigenvalue weighted by molar-refractivity contribution is 6.00. The fraction of sp³-hybridized carbons (Fsp3) is 0.222. The summed E-state index contributed by atoms with van der Waals surface area (Å²) in [5, 5.41) is 9.08. The van der Waals surface area contributed by atoms with Crippen molar-refractivity contribution >= 4 is 11.8 Å². The Labute approximate surface area is 128 Å². The van der Waals surface area contributed by atoms with Crippen LogP contribution in [0.15, 0.2) is 48.5 Å². The average Bonchev–Trinajstić information content (AvgIpc) is 2.54. The number of aliphatic carboxylic acids is 1. The Morgan fingerprint density at radius 3 is 2.64 bits per heavy atom. The monoisotopic (exact) mass is 296 g/mol. The van der Waals surface area contributed by atoms with Crippen LogP contribution in [-0.2, 0) is 4.79 Å². The molecule has 2 unspecified atom stereocenters. The van der Waals surface area contributed by atoms with Crippen molar-refractivity contribution in [3.05, 3.63) is 65.2 Å². The van der Waals surface area contributed by atoms with Crippen molar-refractivity contribution < 1.29 is 19.4 Å². The summed E-state index contributed by atoms with van der Waals surface area (Å²) in [6.07, 6.45) is -0.0222. The maximum absolute atomic E-state index is 12.4. The molecule has 0 fully saturated rings. The molecule has 0 spiro atoms. The standard InChI is InChI=1S/C18H16O4/c1-11(18(20)21)13-7-8-16-14(9-13)15(19)10-17(22-16)12-5-3-2-4-6-12/h2-9,11,17H,10H2,1H3,(H,20,21). The Hall–Kier alpha value is -2.62. The first-order valence-electron chi connectivity index (χ1n) is 7.18. The van der Waals surface area contributed by atoms with Crippen molar-refractivity contribution in [3.8, 4) is 5.75 Å². The normalized spacial score (nSPS) is 18.2. The van der Waals surface area contributed by atoms with Crippen molar-refractivity contribution in [3.63, 3.8) is 0 Å². The van der Waals surface area contributed by atoms with Gasteiger partial charge in [0.2, 0.25) is 0 Å². The number of carboxylic acid groups (broad SMARTS) is 1. The largest absolute Gasteiger partial charge is 0.484 e. The minimum Gasteiger partial charge on any atom is -0.484 e. The lowest BCUT2D eigenvalue weighted by molar-refractivity contribution is -0.138. The smallest absolute Gasteiger partial charge is 0.310 e. The zero-order chi connectivity index (χ0) is 15.7. The third-order valence-electron chi connectivity index (χ3n) is 3.99. The molecule has 112 valence electrons. The molecular formula is C18H16O4. The van der Waals surface area contributed by atoms with Gasteiger partial charge in [-0.05, 0) is 30.2 Å². The fourth-order valence-electron chi connectivity index (χ4n) is 2.61. The number of fused-ring (bicyclic) bond motifs is 1. The molecular weight excluding hydrogens is 280 g/mol. The van der Waals surface area contributed by atoms with Crippen LogP contribution in [0.25, 0.3) is 0 Å². The summed E-state index contributed by atoms with van der Waals surface area (Å²) in [7, 11) is 0.